The largest absolute Gasteiger partial charge is 0.368 e. The van der Waals surface area contributed by atoms with Crippen LogP contribution >= 0.6 is 0 Å². The van der Waals surface area contributed by atoms with Gasteiger partial charge in [0.1, 0.15) is 12.4 Å². The van der Waals surface area contributed by atoms with Crippen molar-refractivity contribution in [1.29, 1.82) is 0 Å². The number of rotatable bonds is 4. The molecule has 7 nitrogen and oxygen atoms in total. The first-order valence-corrected chi connectivity index (χ1v) is 8.39. The molecule has 1 atom stereocenters. The molecule has 25 heavy (non-hydrogen) atoms. The first-order chi connectivity index (χ1) is 12.0. The fourth-order valence-corrected chi connectivity index (χ4v) is 4.08. The third-order valence-corrected chi connectivity index (χ3v) is 5.31. The molecule has 1 aromatic carbocycles. The summed E-state index contributed by atoms with van der Waals surface area (Å²) < 4.78 is 1.99. The number of primary amides is 1. The number of carbonyl (C=O) groups is 2. The van der Waals surface area contributed by atoms with Gasteiger partial charge in [-0.05, 0) is 18.1 Å². The number of nitrogens with zero attached hydrogens (tertiary/aromatic N) is 4. The third-order valence-electron chi connectivity index (χ3n) is 5.31. The molecule has 2 amide bonds. The summed E-state index contributed by atoms with van der Waals surface area (Å²) in [4.78, 5) is 32.8. The fraction of sp³-hybridized carbons (Fsp3) is 0.389. The zero-order chi connectivity index (χ0) is 17.6. The topological polar surface area (TPSA) is 84.5 Å². The van der Waals surface area contributed by atoms with Crippen LogP contribution in [-0.4, -0.2) is 45.9 Å². The number of aryl methyl sites for hydroxylation is 1. The predicted molar refractivity (Wildman–Crippen MR) is 92.8 cm³/mol. The van der Waals surface area contributed by atoms with Crippen LogP contribution in [0.15, 0.2) is 36.7 Å². The summed E-state index contributed by atoms with van der Waals surface area (Å²) in [5, 5.41) is 0. The quantitative estimate of drug-likeness (QED) is 0.874. The second-order valence-corrected chi connectivity index (χ2v) is 6.87. The highest BCUT2D eigenvalue weighted by molar-refractivity contribution is 6.11. The molecular weight excluding hydrogens is 318 g/mol. The van der Waals surface area contributed by atoms with Crippen LogP contribution in [0.2, 0.25) is 0 Å². The van der Waals surface area contributed by atoms with Gasteiger partial charge in [-0.25, -0.2) is 4.98 Å². The van der Waals surface area contributed by atoms with Crippen LogP contribution in [0.25, 0.3) is 0 Å². The summed E-state index contributed by atoms with van der Waals surface area (Å²) in [6, 6.07) is 7.73. The van der Waals surface area contributed by atoms with Gasteiger partial charge in [0.2, 0.25) is 11.8 Å². The number of anilines is 1. The van der Waals surface area contributed by atoms with Gasteiger partial charge in [0.25, 0.3) is 0 Å². The van der Waals surface area contributed by atoms with Gasteiger partial charge in [0.15, 0.2) is 0 Å². The van der Waals surface area contributed by atoms with Crippen LogP contribution in [0.1, 0.15) is 17.8 Å². The van der Waals surface area contributed by atoms with Crippen molar-refractivity contribution in [3.05, 3.63) is 48.0 Å². The van der Waals surface area contributed by atoms with Crippen molar-refractivity contribution >= 4 is 17.5 Å². The first kappa shape index (κ1) is 15.8. The molecule has 2 N–H and O–H groups in total. The van der Waals surface area contributed by atoms with Gasteiger partial charge in [-0.3, -0.25) is 14.5 Å². The van der Waals surface area contributed by atoms with E-state index >= 15 is 0 Å². The zero-order valence-corrected chi connectivity index (χ0v) is 14.2. The van der Waals surface area contributed by atoms with Gasteiger partial charge in [-0.1, -0.05) is 18.2 Å². The van der Waals surface area contributed by atoms with Gasteiger partial charge in [-0.2, -0.15) is 0 Å². The van der Waals surface area contributed by atoms with Crippen LogP contribution in [0.5, 0.6) is 0 Å². The summed E-state index contributed by atoms with van der Waals surface area (Å²) in [6.07, 6.45) is 4.44. The number of amides is 2. The SMILES string of the molecule is Cn1ccnc1CN1CC[C@@]2(C1)C(=O)N(CC(N)=O)c1ccccc12. The zero-order valence-electron chi connectivity index (χ0n) is 14.2. The minimum atomic E-state index is -0.586. The highest BCUT2D eigenvalue weighted by Gasteiger charge is 2.54. The highest BCUT2D eigenvalue weighted by Crippen LogP contribution is 2.47. The van der Waals surface area contributed by atoms with Crippen LogP contribution in [-0.2, 0) is 28.6 Å². The van der Waals surface area contributed by atoms with Crippen molar-refractivity contribution in [2.24, 2.45) is 12.8 Å². The number of para-hydroxylation sites is 1. The number of benzene rings is 1. The number of likely N-dealkylation sites (tertiary alicyclic amines) is 1. The molecule has 4 rings (SSSR count). The molecule has 0 radical (unpaired) electrons. The Bertz CT molecular complexity index is 845. The molecule has 1 spiro atoms. The number of nitrogens with two attached hydrogens (primary N) is 1. The van der Waals surface area contributed by atoms with Crippen molar-refractivity contribution in [3.8, 4) is 0 Å². The Hall–Kier alpha value is -2.67. The summed E-state index contributed by atoms with van der Waals surface area (Å²) in [5.41, 5.74) is 6.59. The lowest BCUT2D eigenvalue weighted by atomic mass is 9.81. The molecule has 0 bridgehead atoms. The number of fused-ring (bicyclic) bond motifs is 2. The van der Waals surface area contributed by atoms with E-state index in [9.17, 15) is 9.59 Å². The van der Waals surface area contributed by atoms with Crippen molar-refractivity contribution < 1.29 is 9.59 Å². The van der Waals surface area contributed by atoms with E-state index in [4.69, 9.17) is 5.73 Å². The van der Waals surface area contributed by atoms with Gasteiger partial charge in [-0.15, -0.1) is 0 Å². The monoisotopic (exact) mass is 339 g/mol. The summed E-state index contributed by atoms with van der Waals surface area (Å²) >= 11 is 0. The average molecular weight is 339 g/mol. The second kappa shape index (κ2) is 5.70. The van der Waals surface area contributed by atoms with Gasteiger partial charge in [0.05, 0.1) is 12.0 Å². The Labute approximate surface area is 146 Å². The third kappa shape index (κ3) is 2.42. The predicted octanol–water partition coefficient (Wildman–Crippen LogP) is 0.396. The average Bonchev–Trinajstić information content (AvgIpc) is 3.25. The summed E-state index contributed by atoms with van der Waals surface area (Å²) in [6.45, 7) is 2.08. The minimum absolute atomic E-state index is 0.0187. The van der Waals surface area contributed by atoms with E-state index in [0.717, 1.165) is 30.0 Å². The molecule has 2 aliphatic rings. The van der Waals surface area contributed by atoms with E-state index in [1.807, 2.05) is 42.1 Å². The Morgan fingerprint density at radius 1 is 1.36 bits per heavy atom. The maximum Gasteiger partial charge on any atom is 0.239 e. The molecule has 2 aliphatic heterocycles. The molecule has 2 aromatic rings. The molecule has 0 aliphatic carbocycles. The minimum Gasteiger partial charge on any atom is -0.368 e. The van der Waals surface area contributed by atoms with Gasteiger partial charge in [0, 0.05) is 38.2 Å². The lowest BCUT2D eigenvalue weighted by Gasteiger charge is -2.24. The molecule has 0 unspecified atom stereocenters. The molecule has 1 saturated heterocycles. The molecule has 0 saturated carbocycles. The number of hydrogen-bond acceptors (Lipinski definition) is 4. The van der Waals surface area contributed by atoms with Crippen molar-refractivity contribution in [2.75, 3.05) is 24.5 Å². The van der Waals surface area contributed by atoms with Crippen LogP contribution in [0, 0.1) is 0 Å². The van der Waals surface area contributed by atoms with Crippen molar-refractivity contribution in [2.45, 2.75) is 18.4 Å². The van der Waals surface area contributed by atoms with E-state index < -0.39 is 11.3 Å². The maximum absolute atomic E-state index is 13.2. The number of aromatic nitrogens is 2. The highest BCUT2D eigenvalue weighted by atomic mass is 16.2. The Balaban J connectivity index is 1.64. The first-order valence-electron chi connectivity index (χ1n) is 8.39. The van der Waals surface area contributed by atoms with Gasteiger partial charge < -0.3 is 15.2 Å². The number of imidazole rings is 1. The lowest BCUT2D eigenvalue weighted by Crippen LogP contribution is -2.45. The molecule has 7 heteroatoms. The van der Waals surface area contributed by atoms with E-state index in [2.05, 4.69) is 9.88 Å². The van der Waals surface area contributed by atoms with Crippen LogP contribution in [0.4, 0.5) is 5.69 Å². The van der Waals surface area contributed by atoms with Crippen molar-refractivity contribution in [3.63, 3.8) is 0 Å². The summed E-state index contributed by atoms with van der Waals surface area (Å²) in [7, 11) is 1.97. The lowest BCUT2D eigenvalue weighted by molar-refractivity contribution is -0.125. The Morgan fingerprint density at radius 2 is 2.16 bits per heavy atom. The standard InChI is InChI=1S/C18H21N5O2/c1-21-9-7-20-16(21)11-22-8-6-18(12-22)13-4-2-3-5-14(13)23(17(18)25)10-15(19)24/h2-5,7,9H,6,8,10-12H2,1H3,(H2,19,24)/t18-/m0/s1. The summed E-state index contributed by atoms with van der Waals surface area (Å²) in [5.74, 6) is 0.461. The van der Waals surface area contributed by atoms with E-state index in [0.29, 0.717) is 13.1 Å². The number of hydrogen-bond donors (Lipinski definition) is 1. The fourth-order valence-electron chi connectivity index (χ4n) is 4.08. The van der Waals surface area contributed by atoms with Crippen molar-refractivity contribution in [1.82, 2.24) is 14.5 Å². The van der Waals surface area contributed by atoms with Gasteiger partial charge >= 0.3 is 0 Å². The van der Waals surface area contributed by atoms with E-state index in [-0.39, 0.29) is 12.5 Å². The van der Waals surface area contributed by atoms with Crippen LogP contribution < -0.4 is 10.6 Å². The van der Waals surface area contributed by atoms with Crippen LogP contribution in [0.3, 0.4) is 0 Å². The molecule has 3 heterocycles. The normalized spacial score (nSPS) is 22.8. The Morgan fingerprint density at radius 3 is 2.88 bits per heavy atom. The maximum atomic E-state index is 13.2. The smallest absolute Gasteiger partial charge is 0.239 e. The molecule has 1 aromatic heterocycles. The van der Waals surface area contributed by atoms with E-state index in [1.165, 1.54) is 0 Å². The molecular formula is C18H21N5O2. The molecule has 130 valence electrons. The number of carbonyl (C=O) groups excluding carboxylic acids is 2. The second-order valence-electron chi connectivity index (χ2n) is 6.87. The van der Waals surface area contributed by atoms with E-state index in [1.54, 1.807) is 11.1 Å². The Kier molecular flexibility index (Phi) is 3.61. The molecule has 1 fully saturated rings.